The average molecular weight is 245 g/mol. The second-order valence-electron chi connectivity index (χ2n) is 4.41. The lowest BCUT2D eigenvalue weighted by atomic mass is 10.1. The Morgan fingerprint density at radius 1 is 1.33 bits per heavy atom. The summed E-state index contributed by atoms with van der Waals surface area (Å²) in [5.74, 6) is 0. The molecule has 2 N–H and O–H groups in total. The van der Waals surface area contributed by atoms with E-state index in [1.165, 1.54) is 0 Å². The van der Waals surface area contributed by atoms with Crippen molar-refractivity contribution in [3.63, 3.8) is 0 Å². The third-order valence-electron chi connectivity index (χ3n) is 3.26. The van der Waals surface area contributed by atoms with Gasteiger partial charge in [0.25, 0.3) is 0 Å². The standard InChI is InChI=1S/C14H19N3O/c1-11-13(9-16-17(11)2)8-15-14(10-18)12-6-4-3-5-7-12/h3-7,9,14-15,18H,8,10H2,1-2H3/t14-/m0/s1. The summed E-state index contributed by atoms with van der Waals surface area (Å²) >= 11 is 0. The molecule has 0 saturated heterocycles. The van der Waals surface area contributed by atoms with Gasteiger partial charge in [0.15, 0.2) is 0 Å². The number of hydrogen-bond acceptors (Lipinski definition) is 3. The molecule has 96 valence electrons. The molecule has 0 aliphatic heterocycles. The van der Waals surface area contributed by atoms with Crippen LogP contribution in [0.1, 0.15) is 22.9 Å². The highest BCUT2D eigenvalue weighted by Crippen LogP contribution is 2.13. The third kappa shape index (κ3) is 2.78. The van der Waals surface area contributed by atoms with Crippen molar-refractivity contribution in [3.05, 3.63) is 53.3 Å². The zero-order valence-electron chi connectivity index (χ0n) is 10.8. The first-order valence-corrected chi connectivity index (χ1v) is 6.09. The average Bonchev–Trinajstić information content (AvgIpc) is 2.72. The maximum atomic E-state index is 9.45. The van der Waals surface area contributed by atoms with Crippen molar-refractivity contribution in [2.24, 2.45) is 7.05 Å². The summed E-state index contributed by atoms with van der Waals surface area (Å²) < 4.78 is 1.85. The van der Waals surface area contributed by atoms with Crippen LogP contribution in [0.25, 0.3) is 0 Å². The molecule has 1 aromatic heterocycles. The van der Waals surface area contributed by atoms with Gasteiger partial charge in [-0.2, -0.15) is 5.10 Å². The van der Waals surface area contributed by atoms with Gasteiger partial charge in [0.05, 0.1) is 18.8 Å². The van der Waals surface area contributed by atoms with Crippen LogP contribution in [-0.2, 0) is 13.6 Å². The quantitative estimate of drug-likeness (QED) is 0.840. The van der Waals surface area contributed by atoms with E-state index < -0.39 is 0 Å². The van der Waals surface area contributed by atoms with Crippen molar-refractivity contribution >= 4 is 0 Å². The molecular formula is C14H19N3O. The molecule has 4 heteroatoms. The molecule has 0 radical (unpaired) electrons. The number of nitrogens with zero attached hydrogens (tertiary/aromatic N) is 2. The van der Waals surface area contributed by atoms with Gasteiger partial charge in [-0.15, -0.1) is 0 Å². The summed E-state index contributed by atoms with van der Waals surface area (Å²) in [6, 6.07) is 9.94. The van der Waals surface area contributed by atoms with E-state index in [0.717, 1.165) is 16.8 Å². The van der Waals surface area contributed by atoms with E-state index in [4.69, 9.17) is 0 Å². The number of aliphatic hydroxyl groups is 1. The van der Waals surface area contributed by atoms with E-state index in [-0.39, 0.29) is 12.6 Å². The van der Waals surface area contributed by atoms with Crippen LogP contribution in [-0.4, -0.2) is 21.5 Å². The smallest absolute Gasteiger partial charge is 0.0626 e. The van der Waals surface area contributed by atoms with Crippen molar-refractivity contribution in [1.82, 2.24) is 15.1 Å². The SMILES string of the molecule is Cc1c(CN[C@@H](CO)c2ccccc2)cnn1C. The Morgan fingerprint density at radius 3 is 2.61 bits per heavy atom. The molecule has 0 unspecified atom stereocenters. The zero-order valence-corrected chi connectivity index (χ0v) is 10.8. The molecule has 0 aliphatic rings. The van der Waals surface area contributed by atoms with Crippen LogP contribution in [0.2, 0.25) is 0 Å². The fourth-order valence-electron chi connectivity index (χ4n) is 1.92. The first-order valence-electron chi connectivity index (χ1n) is 6.09. The van der Waals surface area contributed by atoms with Gasteiger partial charge in [0, 0.05) is 24.8 Å². The maximum Gasteiger partial charge on any atom is 0.0626 e. The molecule has 1 heterocycles. The Morgan fingerprint density at radius 2 is 2.06 bits per heavy atom. The maximum absolute atomic E-state index is 9.45. The van der Waals surface area contributed by atoms with E-state index >= 15 is 0 Å². The van der Waals surface area contributed by atoms with Gasteiger partial charge in [-0.25, -0.2) is 0 Å². The van der Waals surface area contributed by atoms with Crippen molar-refractivity contribution in [3.8, 4) is 0 Å². The zero-order chi connectivity index (χ0) is 13.0. The Hall–Kier alpha value is -1.65. The van der Waals surface area contributed by atoms with Crippen LogP contribution in [0.3, 0.4) is 0 Å². The van der Waals surface area contributed by atoms with E-state index in [1.807, 2.05) is 55.2 Å². The molecule has 0 spiro atoms. The molecule has 0 amide bonds. The Labute approximate surface area is 107 Å². The molecule has 1 aromatic carbocycles. The minimum absolute atomic E-state index is 0.0363. The number of aromatic nitrogens is 2. The minimum Gasteiger partial charge on any atom is -0.394 e. The number of aryl methyl sites for hydroxylation is 1. The van der Waals surface area contributed by atoms with Gasteiger partial charge in [-0.1, -0.05) is 30.3 Å². The highest BCUT2D eigenvalue weighted by molar-refractivity contribution is 5.20. The van der Waals surface area contributed by atoms with Crippen LogP contribution in [0.5, 0.6) is 0 Å². The van der Waals surface area contributed by atoms with E-state index in [1.54, 1.807) is 0 Å². The van der Waals surface area contributed by atoms with Crippen LogP contribution < -0.4 is 5.32 Å². The molecule has 0 aliphatic carbocycles. The molecule has 18 heavy (non-hydrogen) atoms. The predicted octanol–water partition coefficient (Wildman–Crippen LogP) is 1.55. The number of aliphatic hydroxyl groups excluding tert-OH is 1. The molecular weight excluding hydrogens is 226 g/mol. The molecule has 2 aromatic rings. The highest BCUT2D eigenvalue weighted by Gasteiger charge is 2.10. The summed E-state index contributed by atoms with van der Waals surface area (Å²) in [4.78, 5) is 0. The van der Waals surface area contributed by atoms with E-state index in [2.05, 4.69) is 10.4 Å². The highest BCUT2D eigenvalue weighted by atomic mass is 16.3. The normalized spacial score (nSPS) is 12.6. The van der Waals surface area contributed by atoms with E-state index in [9.17, 15) is 5.11 Å². The number of hydrogen-bond donors (Lipinski definition) is 2. The first kappa shape index (κ1) is 12.8. The lowest BCUT2D eigenvalue weighted by Gasteiger charge is -2.16. The van der Waals surface area contributed by atoms with Gasteiger partial charge >= 0.3 is 0 Å². The van der Waals surface area contributed by atoms with Crippen molar-refractivity contribution in [1.29, 1.82) is 0 Å². The summed E-state index contributed by atoms with van der Waals surface area (Å²) in [5, 5.41) is 17.0. The van der Waals surface area contributed by atoms with Gasteiger partial charge in [0.1, 0.15) is 0 Å². The monoisotopic (exact) mass is 245 g/mol. The van der Waals surface area contributed by atoms with Crippen LogP contribution in [0.4, 0.5) is 0 Å². The van der Waals surface area contributed by atoms with Crippen LogP contribution in [0.15, 0.2) is 36.5 Å². The minimum atomic E-state index is -0.0363. The van der Waals surface area contributed by atoms with Crippen molar-refractivity contribution in [2.45, 2.75) is 19.5 Å². The summed E-state index contributed by atoms with van der Waals surface area (Å²) in [6.45, 7) is 2.84. The number of nitrogens with one attached hydrogen (secondary N) is 1. The molecule has 4 nitrogen and oxygen atoms in total. The van der Waals surface area contributed by atoms with Crippen molar-refractivity contribution in [2.75, 3.05) is 6.61 Å². The Balaban J connectivity index is 2.02. The first-order chi connectivity index (χ1) is 8.72. The molecule has 0 saturated carbocycles. The van der Waals surface area contributed by atoms with Gasteiger partial charge in [-0.3, -0.25) is 4.68 Å². The number of benzene rings is 1. The van der Waals surface area contributed by atoms with Crippen LogP contribution >= 0.6 is 0 Å². The lowest BCUT2D eigenvalue weighted by Crippen LogP contribution is -2.24. The van der Waals surface area contributed by atoms with Crippen molar-refractivity contribution < 1.29 is 5.11 Å². The topological polar surface area (TPSA) is 50.1 Å². The Kier molecular flexibility index (Phi) is 4.12. The fraction of sp³-hybridized carbons (Fsp3) is 0.357. The Bertz CT molecular complexity index is 493. The van der Waals surface area contributed by atoms with Crippen LogP contribution in [0, 0.1) is 6.92 Å². The predicted molar refractivity (Wildman–Crippen MR) is 71.1 cm³/mol. The molecule has 1 atom stereocenters. The second-order valence-corrected chi connectivity index (χ2v) is 4.41. The largest absolute Gasteiger partial charge is 0.394 e. The summed E-state index contributed by atoms with van der Waals surface area (Å²) in [6.07, 6.45) is 1.86. The second kappa shape index (κ2) is 5.80. The van der Waals surface area contributed by atoms with Gasteiger partial charge < -0.3 is 10.4 Å². The summed E-state index contributed by atoms with van der Waals surface area (Å²) in [5.41, 5.74) is 3.40. The fourth-order valence-corrected chi connectivity index (χ4v) is 1.92. The van der Waals surface area contributed by atoms with E-state index in [0.29, 0.717) is 6.54 Å². The van der Waals surface area contributed by atoms with Gasteiger partial charge in [0.2, 0.25) is 0 Å². The summed E-state index contributed by atoms with van der Waals surface area (Å²) in [7, 11) is 1.93. The third-order valence-corrected chi connectivity index (χ3v) is 3.26. The molecule has 0 fully saturated rings. The molecule has 2 rings (SSSR count). The number of rotatable bonds is 5. The van der Waals surface area contributed by atoms with Gasteiger partial charge in [-0.05, 0) is 12.5 Å². The lowest BCUT2D eigenvalue weighted by molar-refractivity contribution is 0.243. The molecule has 0 bridgehead atoms.